The first-order valence-electron chi connectivity index (χ1n) is 10.1. The number of fused-ring (bicyclic) bond motifs is 3. The summed E-state index contributed by atoms with van der Waals surface area (Å²) in [6.07, 6.45) is 9.58. The SMILES string of the molecule is CC=C1N=CC2Cc3ccc(NC(=O)CCC(C)(C)SSC)cc3N2C(=O)C1=CC. The molecule has 160 valence electrons. The summed E-state index contributed by atoms with van der Waals surface area (Å²) in [6.45, 7) is 8.06. The van der Waals surface area contributed by atoms with E-state index in [-0.39, 0.29) is 22.6 Å². The number of nitrogens with one attached hydrogen (secondary N) is 1. The average molecular weight is 444 g/mol. The summed E-state index contributed by atoms with van der Waals surface area (Å²) in [5.74, 6) is -0.0560. The van der Waals surface area contributed by atoms with E-state index in [2.05, 4.69) is 30.4 Å². The number of nitrogens with zero attached hydrogens (tertiary/aromatic N) is 2. The van der Waals surface area contributed by atoms with Gasteiger partial charge in [-0.25, -0.2) is 0 Å². The maximum Gasteiger partial charge on any atom is 0.260 e. The van der Waals surface area contributed by atoms with Gasteiger partial charge in [0.25, 0.3) is 5.91 Å². The quantitative estimate of drug-likeness (QED) is 0.473. The van der Waals surface area contributed by atoms with Gasteiger partial charge in [-0.3, -0.25) is 19.5 Å². The van der Waals surface area contributed by atoms with Crippen molar-refractivity contribution in [2.45, 2.75) is 57.7 Å². The molecule has 30 heavy (non-hydrogen) atoms. The highest BCUT2D eigenvalue weighted by molar-refractivity contribution is 8.76. The van der Waals surface area contributed by atoms with Crippen LogP contribution in [0.2, 0.25) is 0 Å². The molecule has 1 unspecified atom stereocenters. The fourth-order valence-electron chi connectivity index (χ4n) is 3.80. The molecule has 5 nitrogen and oxygen atoms in total. The lowest BCUT2D eigenvalue weighted by Crippen LogP contribution is -2.38. The van der Waals surface area contributed by atoms with Crippen molar-refractivity contribution in [2.75, 3.05) is 16.5 Å². The molecule has 0 fully saturated rings. The zero-order valence-corrected chi connectivity index (χ0v) is 19.8. The largest absolute Gasteiger partial charge is 0.326 e. The van der Waals surface area contributed by atoms with Crippen molar-refractivity contribution in [3.05, 3.63) is 47.2 Å². The van der Waals surface area contributed by atoms with Gasteiger partial charge in [-0.15, -0.1) is 0 Å². The molecule has 3 rings (SSSR count). The lowest BCUT2D eigenvalue weighted by atomic mass is 10.1. The number of aliphatic imine (C=N–C) groups is 1. The normalized spacial score (nSPS) is 21.0. The molecule has 0 spiro atoms. The number of allylic oxidation sites excluding steroid dienone is 2. The van der Waals surface area contributed by atoms with Crippen LogP contribution in [0.4, 0.5) is 11.4 Å². The Morgan fingerprint density at radius 3 is 2.77 bits per heavy atom. The smallest absolute Gasteiger partial charge is 0.260 e. The summed E-state index contributed by atoms with van der Waals surface area (Å²) < 4.78 is 0.0487. The number of carbonyl (C=O) groups is 2. The molecule has 1 atom stereocenters. The summed E-state index contributed by atoms with van der Waals surface area (Å²) in [4.78, 5) is 32.1. The zero-order valence-electron chi connectivity index (χ0n) is 18.2. The van der Waals surface area contributed by atoms with Crippen molar-refractivity contribution < 1.29 is 9.59 Å². The van der Waals surface area contributed by atoms with Crippen molar-refractivity contribution in [3.63, 3.8) is 0 Å². The number of benzene rings is 1. The number of hydrogen-bond donors (Lipinski definition) is 1. The van der Waals surface area contributed by atoms with Crippen molar-refractivity contribution >= 4 is 51.0 Å². The molecular weight excluding hydrogens is 414 g/mol. The Labute approximate surface area is 186 Å². The molecule has 1 aromatic rings. The highest BCUT2D eigenvalue weighted by Gasteiger charge is 2.37. The number of hydrogen-bond acceptors (Lipinski definition) is 5. The molecule has 2 aliphatic heterocycles. The minimum Gasteiger partial charge on any atom is -0.326 e. The van der Waals surface area contributed by atoms with Gasteiger partial charge in [-0.1, -0.05) is 39.8 Å². The second-order valence-electron chi connectivity index (χ2n) is 8.00. The predicted molar refractivity (Wildman–Crippen MR) is 130 cm³/mol. The third kappa shape index (κ3) is 4.83. The summed E-state index contributed by atoms with van der Waals surface area (Å²) in [7, 11) is 3.51. The molecule has 2 heterocycles. The first-order chi connectivity index (χ1) is 14.3. The minimum absolute atomic E-state index is 0.00613. The Balaban J connectivity index is 1.78. The van der Waals surface area contributed by atoms with Crippen LogP contribution in [0.5, 0.6) is 0 Å². The van der Waals surface area contributed by atoms with Gasteiger partial charge in [0, 0.05) is 29.5 Å². The van der Waals surface area contributed by atoms with Crippen molar-refractivity contribution in [3.8, 4) is 0 Å². The lowest BCUT2D eigenvalue weighted by molar-refractivity contribution is -0.116. The average Bonchev–Trinajstić information content (AvgIpc) is 3.00. The fraction of sp³-hybridized carbons (Fsp3) is 0.435. The van der Waals surface area contributed by atoms with E-state index in [4.69, 9.17) is 0 Å². The van der Waals surface area contributed by atoms with Crippen LogP contribution < -0.4 is 10.2 Å². The molecule has 0 saturated carbocycles. The standard InChI is InChI=1S/C23H29N3O2S2/c1-6-18-19(7-2)24-14-17-12-15-8-9-16(13-20(15)26(17)22(18)28)25-21(27)10-11-23(3,4)30-29-5/h6-9,13-14,17H,10-12H2,1-5H3,(H,25,27). The monoisotopic (exact) mass is 443 g/mol. The lowest BCUT2D eigenvalue weighted by Gasteiger charge is -2.23. The molecule has 0 aromatic heterocycles. The third-order valence-electron chi connectivity index (χ3n) is 5.33. The van der Waals surface area contributed by atoms with E-state index in [9.17, 15) is 9.59 Å². The van der Waals surface area contributed by atoms with E-state index in [0.717, 1.165) is 29.8 Å². The fourth-order valence-corrected chi connectivity index (χ4v) is 6.04. The Kier molecular flexibility index (Phi) is 7.14. The Morgan fingerprint density at radius 2 is 2.10 bits per heavy atom. The topological polar surface area (TPSA) is 61.8 Å². The van der Waals surface area contributed by atoms with E-state index in [0.29, 0.717) is 17.7 Å². The highest BCUT2D eigenvalue weighted by atomic mass is 33.1. The minimum atomic E-state index is -0.102. The molecule has 0 saturated heterocycles. The summed E-state index contributed by atoms with van der Waals surface area (Å²) in [5, 5.41) is 3.00. The summed E-state index contributed by atoms with van der Waals surface area (Å²) in [6, 6.07) is 5.73. The number of rotatable bonds is 6. The van der Waals surface area contributed by atoms with Crippen LogP contribution in [-0.2, 0) is 16.0 Å². The van der Waals surface area contributed by atoms with Gasteiger partial charge in [0.05, 0.1) is 23.0 Å². The maximum atomic E-state index is 13.2. The van der Waals surface area contributed by atoms with Gasteiger partial charge in [-0.2, -0.15) is 0 Å². The third-order valence-corrected chi connectivity index (χ3v) is 8.00. The van der Waals surface area contributed by atoms with Gasteiger partial charge >= 0.3 is 0 Å². The molecule has 2 amide bonds. The molecular formula is C23H29N3O2S2. The molecule has 2 aliphatic rings. The molecule has 0 bridgehead atoms. The van der Waals surface area contributed by atoms with Crippen molar-refractivity contribution in [1.82, 2.24) is 0 Å². The first-order valence-corrected chi connectivity index (χ1v) is 12.7. The zero-order chi connectivity index (χ0) is 21.9. The van der Waals surface area contributed by atoms with Gasteiger partial charge < -0.3 is 5.32 Å². The first kappa shape index (κ1) is 22.7. The highest BCUT2D eigenvalue weighted by Crippen LogP contribution is 2.38. The Bertz CT molecular complexity index is 934. The number of anilines is 2. The van der Waals surface area contributed by atoms with Crippen LogP contribution in [-0.4, -0.2) is 35.1 Å². The van der Waals surface area contributed by atoms with Gasteiger partial charge in [-0.05, 0) is 58.1 Å². The van der Waals surface area contributed by atoms with Crippen LogP contribution in [0.25, 0.3) is 0 Å². The summed E-state index contributed by atoms with van der Waals surface area (Å²) >= 11 is 0. The van der Waals surface area contributed by atoms with Crippen LogP contribution in [0, 0.1) is 0 Å². The van der Waals surface area contributed by atoms with Gasteiger partial charge in [0.15, 0.2) is 0 Å². The van der Waals surface area contributed by atoms with Crippen LogP contribution in [0.3, 0.4) is 0 Å². The van der Waals surface area contributed by atoms with Crippen LogP contribution >= 0.6 is 21.6 Å². The van der Waals surface area contributed by atoms with E-state index >= 15 is 0 Å². The van der Waals surface area contributed by atoms with Crippen LogP contribution in [0.15, 0.2) is 46.6 Å². The molecule has 1 aromatic carbocycles. The van der Waals surface area contributed by atoms with Crippen LogP contribution in [0.1, 0.15) is 46.1 Å². The Hall–Kier alpha value is -1.99. The second kappa shape index (κ2) is 9.43. The number of amides is 2. The Morgan fingerprint density at radius 1 is 1.33 bits per heavy atom. The number of carbonyl (C=O) groups excluding carboxylic acids is 2. The molecule has 1 N–H and O–H groups in total. The summed E-state index contributed by atoms with van der Waals surface area (Å²) in [5.41, 5.74) is 3.97. The van der Waals surface area contributed by atoms with Crippen molar-refractivity contribution in [1.29, 1.82) is 0 Å². The second-order valence-corrected chi connectivity index (χ2v) is 11.1. The maximum absolute atomic E-state index is 13.2. The van der Waals surface area contributed by atoms with E-state index in [1.165, 1.54) is 0 Å². The molecule has 0 radical (unpaired) electrons. The predicted octanol–water partition coefficient (Wildman–Crippen LogP) is 5.39. The molecule has 0 aliphatic carbocycles. The van der Waals surface area contributed by atoms with E-state index in [1.807, 2.05) is 50.4 Å². The van der Waals surface area contributed by atoms with Gasteiger partial charge in [0.2, 0.25) is 5.91 Å². The van der Waals surface area contributed by atoms with E-state index in [1.54, 1.807) is 26.5 Å². The van der Waals surface area contributed by atoms with Crippen molar-refractivity contribution in [2.24, 2.45) is 4.99 Å². The van der Waals surface area contributed by atoms with E-state index < -0.39 is 0 Å². The van der Waals surface area contributed by atoms with Gasteiger partial charge in [0.1, 0.15) is 0 Å². The molecule has 7 heteroatoms.